The summed E-state index contributed by atoms with van der Waals surface area (Å²) >= 11 is 0. The van der Waals surface area contributed by atoms with E-state index >= 15 is 0 Å². The maximum atomic E-state index is 12.4. The monoisotopic (exact) mass is 268 g/mol. The minimum absolute atomic E-state index is 0.0933. The van der Waals surface area contributed by atoms with E-state index in [4.69, 9.17) is 0 Å². The summed E-state index contributed by atoms with van der Waals surface area (Å²) in [6.45, 7) is 2.89. The number of hydrogen-bond acceptors (Lipinski definition) is 2. The normalized spacial score (nSPS) is 20.9. The number of benzene rings is 1. The first-order valence-electron chi connectivity index (χ1n) is 6.95. The average Bonchev–Trinajstić information content (AvgIpc) is 2.41. The van der Waals surface area contributed by atoms with E-state index in [1.807, 2.05) is 0 Å². The Kier molecular flexibility index (Phi) is 5.28. The Hall–Kier alpha value is -1.00. The van der Waals surface area contributed by atoms with Crippen LogP contribution in [0.2, 0.25) is 0 Å². The van der Waals surface area contributed by atoms with E-state index in [0.29, 0.717) is 6.04 Å². The van der Waals surface area contributed by atoms with E-state index in [1.165, 1.54) is 37.9 Å². The first-order chi connectivity index (χ1) is 9.16. The van der Waals surface area contributed by atoms with Crippen molar-refractivity contribution in [1.29, 1.82) is 0 Å². The van der Waals surface area contributed by atoms with E-state index in [2.05, 4.69) is 17.3 Å². The summed E-state index contributed by atoms with van der Waals surface area (Å²) in [7, 11) is 2.17. The number of nitrogens with zero attached hydrogens (tertiary/aromatic N) is 1. The van der Waals surface area contributed by atoms with E-state index in [1.54, 1.807) is 12.1 Å². The molecule has 19 heavy (non-hydrogen) atoms. The highest BCUT2D eigenvalue weighted by molar-refractivity contribution is 5.23. The molecule has 1 aliphatic heterocycles. The predicted molar refractivity (Wildman–Crippen MR) is 73.4 cm³/mol. The predicted octanol–water partition coefficient (Wildman–Crippen LogP) is 3.20. The molecular weight excluding hydrogens is 246 g/mol. The zero-order chi connectivity index (χ0) is 13.7. The van der Waals surface area contributed by atoms with Gasteiger partial charge in [-0.05, 0) is 32.0 Å². The lowest BCUT2D eigenvalue weighted by Gasteiger charge is -2.32. The molecule has 0 saturated carbocycles. The van der Waals surface area contributed by atoms with E-state index in [-0.39, 0.29) is 5.56 Å². The second kappa shape index (κ2) is 6.96. The molecule has 2 rings (SSSR count). The van der Waals surface area contributed by atoms with Crippen LogP contribution in [0.15, 0.2) is 24.3 Å². The number of likely N-dealkylation sites (N-methyl/N-ethyl adjacent to an activating group) is 1. The third-order valence-electron chi connectivity index (χ3n) is 3.86. The molecule has 0 spiro atoms. The van der Waals surface area contributed by atoms with Crippen molar-refractivity contribution in [2.24, 2.45) is 0 Å². The second-order valence-corrected chi connectivity index (χ2v) is 5.30. The summed E-state index contributed by atoms with van der Waals surface area (Å²) in [5, 5.41) is 3.42. The smallest absolute Gasteiger partial charge is 0.263 e. The zero-order valence-corrected chi connectivity index (χ0v) is 11.4. The molecule has 1 fully saturated rings. The summed E-state index contributed by atoms with van der Waals surface area (Å²) in [5.41, 5.74) is 1.15. The summed E-state index contributed by atoms with van der Waals surface area (Å²) in [5.74, 6) is 0. The third-order valence-corrected chi connectivity index (χ3v) is 3.86. The Balaban J connectivity index is 1.75. The summed E-state index contributed by atoms with van der Waals surface area (Å²) < 4.78 is 24.8. The van der Waals surface area contributed by atoms with Crippen LogP contribution < -0.4 is 5.32 Å². The standard InChI is InChI=1S/C15H22F2N2/c1-19-9-3-2-4-14(19)11-18-10-12-5-7-13(8-6-12)15(16)17/h5-8,14-15,18H,2-4,9-11H2,1H3. The molecule has 0 radical (unpaired) electrons. The maximum Gasteiger partial charge on any atom is 0.263 e. The molecule has 1 saturated heterocycles. The van der Waals surface area contributed by atoms with Gasteiger partial charge in [-0.15, -0.1) is 0 Å². The van der Waals surface area contributed by atoms with Gasteiger partial charge < -0.3 is 10.2 Å². The number of alkyl halides is 2. The second-order valence-electron chi connectivity index (χ2n) is 5.30. The van der Waals surface area contributed by atoms with Crippen LogP contribution in [-0.4, -0.2) is 31.1 Å². The summed E-state index contributed by atoms with van der Waals surface area (Å²) in [6, 6.07) is 7.18. The van der Waals surface area contributed by atoms with Crippen molar-refractivity contribution in [2.45, 2.75) is 38.3 Å². The quantitative estimate of drug-likeness (QED) is 0.882. The van der Waals surface area contributed by atoms with Crippen LogP contribution in [0.3, 0.4) is 0 Å². The molecule has 1 heterocycles. The fraction of sp³-hybridized carbons (Fsp3) is 0.600. The van der Waals surface area contributed by atoms with Crippen LogP contribution in [0.5, 0.6) is 0 Å². The third kappa shape index (κ3) is 4.25. The van der Waals surface area contributed by atoms with Crippen molar-refractivity contribution < 1.29 is 8.78 Å². The molecule has 1 aromatic rings. The molecule has 1 unspecified atom stereocenters. The van der Waals surface area contributed by atoms with Gasteiger partial charge in [0.2, 0.25) is 0 Å². The maximum absolute atomic E-state index is 12.4. The van der Waals surface area contributed by atoms with Crippen molar-refractivity contribution in [3.63, 3.8) is 0 Å². The molecular formula is C15H22F2N2. The Bertz CT molecular complexity index is 378. The fourth-order valence-corrected chi connectivity index (χ4v) is 2.57. The average molecular weight is 268 g/mol. The van der Waals surface area contributed by atoms with Gasteiger partial charge in [-0.1, -0.05) is 30.7 Å². The van der Waals surface area contributed by atoms with E-state index in [0.717, 1.165) is 18.7 Å². The van der Waals surface area contributed by atoms with Crippen LogP contribution in [0.1, 0.15) is 36.8 Å². The largest absolute Gasteiger partial charge is 0.311 e. The lowest BCUT2D eigenvalue weighted by atomic mass is 10.0. The number of rotatable bonds is 5. The highest BCUT2D eigenvalue weighted by Crippen LogP contribution is 2.18. The Morgan fingerprint density at radius 3 is 2.63 bits per heavy atom. The molecule has 0 aliphatic carbocycles. The van der Waals surface area contributed by atoms with Gasteiger partial charge in [0.15, 0.2) is 0 Å². The highest BCUT2D eigenvalue weighted by atomic mass is 19.3. The minimum atomic E-state index is -2.38. The molecule has 0 aromatic heterocycles. The number of nitrogens with one attached hydrogen (secondary N) is 1. The molecule has 0 bridgehead atoms. The van der Waals surface area contributed by atoms with Crippen molar-refractivity contribution in [3.8, 4) is 0 Å². The van der Waals surface area contributed by atoms with Gasteiger partial charge in [0.05, 0.1) is 0 Å². The van der Waals surface area contributed by atoms with Crippen molar-refractivity contribution in [1.82, 2.24) is 10.2 Å². The lowest BCUT2D eigenvalue weighted by Crippen LogP contribution is -2.42. The van der Waals surface area contributed by atoms with Crippen molar-refractivity contribution in [2.75, 3.05) is 20.1 Å². The van der Waals surface area contributed by atoms with E-state index in [9.17, 15) is 8.78 Å². The molecule has 1 atom stereocenters. The Morgan fingerprint density at radius 1 is 1.26 bits per heavy atom. The first kappa shape index (κ1) is 14.4. The SMILES string of the molecule is CN1CCCCC1CNCc1ccc(C(F)F)cc1. The number of hydrogen-bond donors (Lipinski definition) is 1. The highest BCUT2D eigenvalue weighted by Gasteiger charge is 2.17. The number of likely N-dealkylation sites (tertiary alicyclic amines) is 1. The number of halogens is 2. The molecule has 0 amide bonds. The number of piperidine rings is 1. The molecule has 1 aliphatic rings. The van der Waals surface area contributed by atoms with Gasteiger partial charge in [-0.25, -0.2) is 8.78 Å². The van der Waals surface area contributed by atoms with E-state index < -0.39 is 6.43 Å². The molecule has 2 nitrogen and oxygen atoms in total. The first-order valence-corrected chi connectivity index (χ1v) is 6.95. The van der Waals surface area contributed by atoms with Gasteiger partial charge >= 0.3 is 0 Å². The van der Waals surface area contributed by atoms with Gasteiger partial charge in [0.25, 0.3) is 6.43 Å². The topological polar surface area (TPSA) is 15.3 Å². The van der Waals surface area contributed by atoms with Gasteiger partial charge in [0.1, 0.15) is 0 Å². The molecule has 4 heteroatoms. The Labute approximate surface area is 113 Å². The Morgan fingerprint density at radius 2 is 2.00 bits per heavy atom. The van der Waals surface area contributed by atoms with Crippen LogP contribution in [0.25, 0.3) is 0 Å². The molecule has 1 N–H and O–H groups in total. The van der Waals surface area contributed by atoms with Crippen LogP contribution in [-0.2, 0) is 6.54 Å². The molecule has 1 aromatic carbocycles. The summed E-state index contributed by atoms with van der Waals surface area (Å²) in [4.78, 5) is 2.40. The van der Waals surface area contributed by atoms with Gasteiger partial charge in [-0.2, -0.15) is 0 Å². The zero-order valence-electron chi connectivity index (χ0n) is 11.4. The van der Waals surface area contributed by atoms with Crippen molar-refractivity contribution in [3.05, 3.63) is 35.4 Å². The van der Waals surface area contributed by atoms with Crippen LogP contribution >= 0.6 is 0 Å². The minimum Gasteiger partial charge on any atom is -0.311 e. The fourth-order valence-electron chi connectivity index (χ4n) is 2.57. The molecule has 106 valence electrons. The lowest BCUT2D eigenvalue weighted by molar-refractivity contribution is 0.151. The van der Waals surface area contributed by atoms with Crippen LogP contribution in [0.4, 0.5) is 8.78 Å². The van der Waals surface area contributed by atoms with Gasteiger partial charge in [-0.3, -0.25) is 0 Å². The summed E-state index contributed by atoms with van der Waals surface area (Å²) in [6.07, 6.45) is 1.47. The van der Waals surface area contributed by atoms with Crippen LogP contribution in [0, 0.1) is 0 Å². The van der Waals surface area contributed by atoms with Gasteiger partial charge in [0, 0.05) is 24.7 Å². The van der Waals surface area contributed by atoms with Crippen molar-refractivity contribution >= 4 is 0 Å².